The molecule has 9 heteroatoms. The van der Waals surface area contributed by atoms with Crippen LogP contribution in [-0.4, -0.2) is 41.5 Å². The third kappa shape index (κ3) is 3.27. The van der Waals surface area contributed by atoms with Gasteiger partial charge in [0.1, 0.15) is 5.56 Å². The fraction of sp³-hybridized carbons (Fsp3) is 0.429. The lowest BCUT2D eigenvalue weighted by molar-refractivity contribution is -0.136. The zero-order chi connectivity index (χ0) is 21.8. The van der Waals surface area contributed by atoms with E-state index in [0.717, 1.165) is 12.8 Å². The van der Waals surface area contributed by atoms with Crippen LogP contribution in [0.25, 0.3) is 0 Å². The van der Waals surface area contributed by atoms with Crippen molar-refractivity contribution in [1.29, 1.82) is 0 Å². The molecule has 0 spiro atoms. The molecule has 30 heavy (non-hydrogen) atoms. The highest BCUT2D eigenvalue weighted by molar-refractivity contribution is 7.91. The van der Waals surface area contributed by atoms with Crippen molar-refractivity contribution in [2.45, 2.75) is 51.5 Å². The molecule has 0 saturated heterocycles. The highest BCUT2D eigenvalue weighted by Gasteiger charge is 2.36. The van der Waals surface area contributed by atoms with Gasteiger partial charge in [0.25, 0.3) is 0 Å². The summed E-state index contributed by atoms with van der Waals surface area (Å²) in [6, 6.07) is 1.49. The number of fused-ring (bicyclic) bond motifs is 1. The number of sulfone groups is 1. The Kier molecular flexibility index (Phi) is 4.88. The fourth-order valence-corrected chi connectivity index (χ4v) is 5.61. The Morgan fingerprint density at radius 2 is 1.93 bits per heavy atom. The third-order valence-corrected chi connectivity index (χ3v) is 7.49. The number of rotatable bonds is 5. The van der Waals surface area contributed by atoms with Crippen LogP contribution in [0.1, 0.15) is 63.6 Å². The Bertz CT molecular complexity index is 1200. The maximum absolute atomic E-state index is 13.4. The first-order chi connectivity index (χ1) is 14.2. The molecule has 1 fully saturated rings. The number of carbonyl (C=O) groups excluding carboxylic acids is 3. The van der Waals surface area contributed by atoms with Gasteiger partial charge in [0.05, 0.1) is 22.8 Å². The number of hydrogen-bond acceptors (Lipinski definition) is 7. The van der Waals surface area contributed by atoms with Gasteiger partial charge in [-0.2, -0.15) is 5.10 Å². The average molecular weight is 430 g/mol. The first-order valence-electron chi connectivity index (χ1n) is 9.88. The van der Waals surface area contributed by atoms with Crippen LogP contribution in [0.3, 0.4) is 0 Å². The molecule has 8 nitrogen and oxygen atoms in total. The molecule has 0 radical (unpaired) electrons. The zero-order valence-electron chi connectivity index (χ0n) is 17.0. The highest BCUT2D eigenvalue weighted by Crippen LogP contribution is 2.35. The Balaban J connectivity index is 1.83. The van der Waals surface area contributed by atoms with Crippen molar-refractivity contribution in [1.82, 2.24) is 9.78 Å². The second-order valence-corrected chi connectivity index (χ2v) is 9.81. The van der Waals surface area contributed by atoms with Gasteiger partial charge in [-0.15, -0.1) is 0 Å². The number of carbonyl (C=O) groups is 3. The van der Waals surface area contributed by atoms with E-state index in [0.29, 0.717) is 17.7 Å². The van der Waals surface area contributed by atoms with Crippen LogP contribution in [0.5, 0.6) is 5.88 Å². The maximum Gasteiger partial charge on any atom is 0.315 e. The van der Waals surface area contributed by atoms with Gasteiger partial charge in [-0.3, -0.25) is 14.4 Å². The number of esters is 1. The molecule has 158 valence electrons. The van der Waals surface area contributed by atoms with Crippen molar-refractivity contribution >= 4 is 27.4 Å². The van der Waals surface area contributed by atoms with Crippen molar-refractivity contribution in [3.05, 3.63) is 40.1 Å². The minimum Gasteiger partial charge on any atom is -0.407 e. The first kappa shape index (κ1) is 20.5. The van der Waals surface area contributed by atoms with Crippen molar-refractivity contribution < 1.29 is 27.5 Å². The highest BCUT2D eigenvalue weighted by atomic mass is 32.2. The summed E-state index contributed by atoms with van der Waals surface area (Å²) >= 11 is 0. The number of benzene rings is 1. The number of hydrogen-bond donors (Lipinski definition) is 0. The van der Waals surface area contributed by atoms with Gasteiger partial charge in [0.2, 0.25) is 5.88 Å². The first-order valence-corrected chi connectivity index (χ1v) is 11.5. The smallest absolute Gasteiger partial charge is 0.315 e. The number of ketones is 2. The summed E-state index contributed by atoms with van der Waals surface area (Å²) in [5.74, 6) is -1.44. The number of nitrogens with zero attached hydrogens (tertiary/aromatic N) is 2. The minimum atomic E-state index is -3.58. The lowest BCUT2D eigenvalue weighted by Crippen LogP contribution is -2.25. The summed E-state index contributed by atoms with van der Waals surface area (Å²) in [7, 11) is -3.58. The molecular formula is C21H22N2O6S. The van der Waals surface area contributed by atoms with Crippen molar-refractivity contribution in [3.8, 4) is 5.88 Å². The molecule has 0 unspecified atom stereocenters. The van der Waals surface area contributed by atoms with Crippen molar-refractivity contribution in [2.24, 2.45) is 5.92 Å². The Morgan fingerprint density at radius 3 is 2.57 bits per heavy atom. The number of aryl methyl sites for hydroxylation is 2. The van der Waals surface area contributed by atoms with E-state index in [9.17, 15) is 22.8 Å². The molecule has 0 bridgehead atoms. The predicted octanol–water partition coefficient (Wildman–Crippen LogP) is 2.43. The SMILES string of the molecule is CCn1ncc(C(=O)c2cc(C)c3c(c2C)C(=O)CCS3(=O)=O)c1OC(=O)C1CC1. The second-order valence-electron chi connectivity index (χ2n) is 7.77. The summed E-state index contributed by atoms with van der Waals surface area (Å²) in [5.41, 5.74) is 1.07. The van der Waals surface area contributed by atoms with Crippen LogP contribution in [0.2, 0.25) is 0 Å². The summed E-state index contributed by atoms with van der Waals surface area (Å²) in [6.07, 6.45) is 2.77. The van der Waals surface area contributed by atoms with E-state index in [4.69, 9.17) is 4.74 Å². The summed E-state index contributed by atoms with van der Waals surface area (Å²) in [5, 5.41) is 4.15. The fourth-order valence-electron chi connectivity index (χ4n) is 3.82. The largest absolute Gasteiger partial charge is 0.407 e. The lowest BCUT2D eigenvalue weighted by atomic mass is 9.91. The average Bonchev–Trinajstić information content (AvgIpc) is 3.47. The Labute approximate surface area is 174 Å². The van der Waals surface area contributed by atoms with Gasteiger partial charge >= 0.3 is 5.97 Å². The van der Waals surface area contributed by atoms with E-state index in [1.807, 2.05) is 6.92 Å². The molecule has 1 saturated carbocycles. The van der Waals surface area contributed by atoms with E-state index in [2.05, 4.69) is 5.10 Å². The van der Waals surface area contributed by atoms with Gasteiger partial charge in [-0.25, -0.2) is 13.1 Å². The van der Waals surface area contributed by atoms with Crippen molar-refractivity contribution in [2.75, 3.05) is 5.75 Å². The molecule has 2 aliphatic rings. The number of ether oxygens (including phenoxy) is 1. The van der Waals surface area contributed by atoms with E-state index < -0.39 is 15.6 Å². The van der Waals surface area contributed by atoms with E-state index in [1.165, 1.54) is 16.9 Å². The monoisotopic (exact) mass is 430 g/mol. The van der Waals surface area contributed by atoms with E-state index >= 15 is 0 Å². The summed E-state index contributed by atoms with van der Waals surface area (Å²) in [4.78, 5) is 38.1. The molecular weight excluding hydrogens is 408 g/mol. The van der Waals surface area contributed by atoms with Crippen LogP contribution >= 0.6 is 0 Å². The topological polar surface area (TPSA) is 112 Å². The molecule has 4 rings (SSSR count). The predicted molar refractivity (Wildman–Crippen MR) is 107 cm³/mol. The minimum absolute atomic E-state index is 0.0115. The van der Waals surface area contributed by atoms with E-state index in [-0.39, 0.29) is 57.3 Å². The van der Waals surface area contributed by atoms with Crippen LogP contribution in [0.4, 0.5) is 0 Å². The summed E-state index contributed by atoms with van der Waals surface area (Å²) < 4.78 is 32.0. The lowest BCUT2D eigenvalue weighted by Gasteiger charge is -2.21. The maximum atomic E-state index is 13.4. The molecule has 1 aromatic carbocycles. The van der Waals surface area contributed by atoms with Crippen LogP contribution in [0, 0.1) is 19.8 Å². The molecule has 1 aromatic heterocycles. The van der Waals surface area contributed by atoms with Gasteiger partial charge < -0.3 is 4.74 Å². The number of aromatic nitrogens is 2. The molecule has 2 aromatic rings. The van der Waals surface area contributed by atoms with Gasteiger partial charge in [-0.05, 0) is 50.8 Å². The zero-order valence-corrected chi connectivity index (χ0v) is 17.8. The van der Waals surface area contributed by atoms with Crippen molar-refractivity contribution in [3.63, 3.8) is 0 Å². The normalized spacial score (nSPS) is 17.5. The van der Waals surface area contributed by atoms with Gasteiger partial charge in [0.15, 0.2) is 21.4 Å². The molecule has 0 N–H and O–H groups in total. The quantitative estimate of drug-likeness (QED) is 0.529. The molecule has 2 heterocycles. The van der Waals surface area contributed by atoms with Gasteiger partial charge in [-0.1, -0.05) is 0 Å². The molecule has 0 atom stereocenters. The van der Waals surface area contributed by atoms with Crippen LogP contribution < -0.4 is 4.74 Å². The molecule has 1 aliphatic heterocycles. The summed E-state index contributed by atoms with van der Waals surface area (Å²) in [6.45, 7) is 5.37. The van der Waals surface area contributed by atoms with Crippen LogP contribution in [0.15, 0.2) is 17.2 Å². The van der Waals surface area contributed by atoms with E-state index in [1.54, 1.807) is 13.8 Å². The third-order valence-electron chi connectivity index (χ3n) is 5.60. The Morgan fingerprint density at radius 1 is 1.23 bits per heavy atom. The number of Topliss-reactive ketones (excluding diaryl/α,β-unsaturated/α-hetero) is 1. The molecule has 0 amide bonds. The van der Waals surface area contributed by atoms with Gasteiger partial charge in [0, 0.05) is 24.1 Å². The second kappa shape index (κ2) is 7.16. The molecule has 1 aliphatic carbocycles. The van der Waals surface area contributed by atoms with Crippen LogP contribution in [-0.2, 0) is 21.2 Å². The standard InChI is InChI=1S/C21H22N2O6S/c1-4-23-20(29-21(26)13-5-6-13)15(10-22-23)18(25)14-9-11(2)19-17(12(14)3)16(24)7-8-30(19,27)28/h9-10,13H,4-8H2,1-3H3. The Hall–Kier alpha value is -2.81.